The molecule has 0 saturated heterocycles. The van der Waals surface area contributed by atoms with Gasteiger partial charge >= 0.3 is 5.97 Å². The Balaban J connectivity index is 2.48. The third-order valence-electron chi connectivity index (χ3n) is 1.66. The Kier molecular flexibility index (Phi) is 4.65. The number of hydrogen-bond donors (Lipinski definition) is 1. The largest absolute Gasteiger partial charge is 0.478 e. The third-order valence-corrected chi connectivity index (χ3v) is 2.75. The lowest BCUT2D eigenvalue weighted by molar-refractivity contribution is -0.132. The van der Waals surface area contributed by atoms with Crippen molar-refractivity contribution < 1.29 is 9.90 Å². The van der Waals surface area contributed by atoms with Gasteiger partial charge in [-0.25, -0.2) is 9.78 Å². The third kappa shape index (κ3) is 4.36. The molecular formula is C10H10ClNO2S. The Hall–Kier alpha value is -1.00. The fraction of sp³-hybridized carbons (Fsp3) is 0.200. The summed E-state index contributed by atoms with van der Waals surface area (Å²) in [6.07, 6.45) is 3.22. The molecule has 15 heavy (non-hydrogen) atoms. The van der Waals surface area contributed by atoms with Crippen molar-refractivity contribution >= 4 is 29.3 Å². The quantitative estimate of drug-likeness (QED) is 0.653. The molecule has 0 fully saturated rings. The van der Waals surface area contributed by atoms with E-state index in [9.17, 15) is 4.79 Å². The topological polar surface area (TPSA) is 50.2 Å². The van der Waals surface area contributed by atoms with Gasteiger partial charge in [0.25, 0.3) is 0 Å². The standard InChI is InChI=1S/C10H10ClNO2S/c1-7(10(13)14)4-5-15-9-3-2-8(11)6-12-9/h2-4,6H,5H2,1H3,(H,13,14). The van der Waals surface area contributed by atoms with E-state index in [0.29, 0.717) is 16.3 Å². The molecule has 1 N–H and O–H groups in total. The first-order chi connectivity index (χ1) is 7.09. The number of rotatable bonds is 4. The van der Waals surface area contributed by atoms with Gasteiger partial charge in [0.2, 0.25) is 0 Å². The minimum absolute atomic E-state index is 0.344. The van der Waals surface area contributed by atoms with Gasteiger partial charge in [0.1, 0.15) is 0 Å². The first-order valence-electron chi connectivity index (χ1n) is 4.24. The van der Waals surface area contributed by atoms with Crippen molar-refractivity contribution in [3.63, 3.8) is 0 Å². The molecule has 0 aromatic carbocycles. The molecule has 0 amide bonds. The molecule has 1 aromatic heterocycles. The molecule has 0 aliphatic carbocycles. The van der Waals surface area contributed by atoms with Crippen molar-refractivity contribution in [2.45, 2.75) is 11.9 Å². The number of nitrogens with zero attached hydrogens (tertiary/aromatic N) is 1. The number of aliphatic carboxylic acids is 1. The number of aromatic nitrogens is 1. The molecule has 3 nitrogen and oxygen atoms in total. The molecule has 1 aromatic rings. The van der Waals surface area contributed by atoms with Gasteiger partial charge in [0.15, 0.2) is 0 Å². The molecule has 0 spiro atoms. The Morgan fingerprint density at radius 1 is 1.67 bits per heavy atom. The highest BCUT2D eigenvalue weighted by molar-refractivity contribution is 7.99. The van der Waals surface area contributed by atoms with Gasteiger partial charge in [-0.2, -0.15) is 0 Å². The average molecular weight is 244 g/mol. The number of thioether (sulfide) groups is 1. The van der Waals surface area contributed by atoms with Crippen LogP contribution in [-0.2, 0) is 4.79 Å². The van der Waals surface area contributed by atoms with Gasteiger partial charge in [0.05, 0.1) is 10.0 Å². The fourth-order valence-corrected chi connectivity index (χ4v) is 1.69. The second-order valence-corrected chi connectivity index (χ2v) is 4.29. The molecular weight excluding hydrogens is 234 g/mol. The average Bonchev–Trinajstić information content (AvgIpc) is 2.20. The van der Waals surface area contributed by atoms with E-state index >= 15 is 0 Å². The molecule has 0 bridgehead atoms. The predicted octanol–water partition coefficient (Wildman–Crippen LogP) is 2.86. The summed E-state index contributed by atoms with van der Waals surface area (Å²) < 4.78 is 0. The van der Waals surface area contributed by atoms with Gasteiger partial charge in [0, 0.05) is 17.5 Å². The molecule has 5 heteroatoms. The Morgan fingerprint density at radius 3 is 2.93 bits per heavy atom. The number of halogens is 1. The summed E-state index contributed by atoms with van der Waals surface area (Å²) in [6.45, 7) is 1.57. The maximum Gasteiger partial charge on any atom is 0.330 e. The van der Waals surface area contributed by atoms with Crippen molar-refractivity contribution in [1.82, 2.24) is 4.98 Å². The van der Waals surface area contributed by atoms with Gasteiger partial charge in [-0.15, -0.1) is 11.8 Å². The van der Waals surface area contributed by atoms with Crippen LogP contribution in [-0.4, -0.2) is 21.8 Å². The lowest BCUT2D eigenvalue weighted by Crippen LogP contribution is -1.96. The molecule has 0 atom stereocenters. The monoisotopic (exact) mass is 243 g/mol. The van der Waals surface area contributed by atoms with E-state index in [1.165, 1.54) is 11.8 Å². The molecule has 1 rings (SSSR count). The van der Waals surface area contributed by atoms with Crippen LogP contribution in [0.25, 0.3) is 0 Å². The van der Waals surface area contributed by atoms with Gasteiger partial charge in [-0.1, -0.05) is 17.7 Å². The smallest absolute Gasteiger partial charge is 0.330 e. The van der Waals surface area contributed by atoms with Crippen LogP contribution in [0, 0.1) is 0 Å². The molecule has 80 valence electrons. The van der Waals surface area contributed by atoms with Crippen LogP contribution in [0.2, 0.25) is 5.02 Å². The predicted molar refractivity (Wildman–Crippen MR) is 61.4 cm³/mol. The van der Waals surface area contributed by atoms with Gasteiger partial charge in [-0.3, -0.25) is 0 Å². The van der Waals surface area contributed by atoms with E-state index in [1.54, 1.807) is 31.3 Å². The summed E-state index contributed by atoms with van der Waals surface area (Å²) >= 11 is 7.14. The lowest BCUT2D eigenvalue weighted by atomic mass is 10.3. The molecule has 0 aliphatic heterocycles. The van der Waals surface area contributed by atoms with Crippen molar-refractivity contribution in [3.05, 3.63) is 35.0 Å². The zero-order valence-electron chi connectivity index (χ0n) is 8.11. The summed E-state index contributed by atoms with van der Waals surface area (Å²) in [5.74, 6) is -0.299. The van der Waals surface area contributed by atoms with Crippen LogP contribution >= 0.6 is 23.4 Å². The molecule has 1 heterocycles. The number of carboxylic acids is 1. The van der Waals surface area contributed by atoms with Crippen molar-refractivity contribution in [2.75, 3.05) is 5.75 Å². The lowest BCUT2D eigenvalue weighted by Gasteiger charge is -1.97. The van der Waals surface area contributed by atoms with E-state index in [0.717, 1.165) is 5.03 Å². The molecule has 0 radical (unpaired) electrons. The van der Waals surface area contributed by atoms with Crippen LogP contribution in [0.4, 0.5) is 0 Å². The molecule has 0 aliphatic rings. The Bertz CT molecular complexity index is 376. The first-order valence-corrected chi connectivity index (χ1v) is 5.60. The van der Waals surface area contributed by atoms with E-state index in [1.807, 2.05) is 0 Å². The van der Waals surface area contributed by atoms with Gasteiger partial charge in [-0.05, 0) is 19.1 Å². The second kappa shape index (κ2) is 5.78. The summed E-state index contributed by atoms with van der Waals surface area (Å²) in [7, 11) is 0. The second-order valence-electron chi connectivity index (χ2n) is 2.82. The fourth-order valence-electron chi connectivity index (χ4n) is 0.787. The first kappa shape index (κ1) is 12.1. The normalized spacial score (nSPS) is 11.5. The summed E-state index contributed by atoms with van der Waals surface area (Å²) in [5, 5.41) is 10.0. The minimum atomic E-state index is -0.889. The summed E-state index contributed by atoms with van der Waals surface area (Å²) in [5.41, 5.74) is 0.344. The molecule has 0 unspecified atom stereocenters. The number of carbonyl (C=O) groups is 1. The van der Waals surface area contributed by atoms with Gasteiger partial charge < -0.3 is 5.11 Å². The highest BCUT2D eigenvalue weighted by Crippen LogP contribution is 2.17. The van der Waals surface area contributed by atoms with Crippen molar-refractivity contribution in [1.29, 1.82) is 0 Å². The van der Waals surface area contributed by atoms with E-state index in [2.05, 4.69) is 4.98 Å². The van der Waals surface area contributed by atoms with E-state index in [-0.39, 0.29) is 0 Å². The van der Waals surface area contributed by atoms with Crippen LogP contribution in [0.15, 0.2) is 35.0 Å². The van der Waals surface area contributed by atoms with Crippen LogP contribution in [0.3, 0.4) is 0 Å². The minimum Gasteiger partial charge on any atom is -0.478 e. The highest BCUT2D eigenvalue weighted by Gasteiger charge is 1.99. The number of carboxylic acid groups (broad SMARTS) is 1. The van der Waals surface area contributed by atoms with E-state index < -0.39 is 5.97 Å². The SMILES string of the molecule is CC(=CCSc1ccc(Cl)cn1)C(=O)O. The van der Waals surface area contributed by atoms with E-state index in [4.69, 9.17) is 16.7 Å². The van der Waals surface area contributed by atoms with Crippen LogP contribution < -0.4 is 0 Å². The number of hydrogen-bond acceptors (Lipinski definition) is 3. The Labute approximate surface area is 97.2 Å². The van der Waals surface area contributed by atoms with Crippen molar-refractivity contribution in [2.24, 2.45) is 0 Å². The van der Waals surface area contributed by atoms with Crippen LogP contribution in [0.5, 0.6) is 0 Å². The Morgan fingerprint density at radius 2 is 2.40 bits per heavy atom. The summed E-state index contributed by atoms with van der Waals surface area (Å²) in [4.78, 5) is 14.5. The highest BCUT2D eigenvalue weighted by atomic mass is 35.5. The number of pyridine rings is 1. The zero-order valence-corrected chi connectivity index (χ0v) is 9.68. The molecule has 0 saturated carbocycles. The zero-order chi connectivity index (χ0) is 11.3. The van der Waals surface area contributed by atoms with Crippen molar-refractivity contribution in [3.8, 4) is 0 Å². The maximum absolute atomic E-state index is 10.5. The maximum atomic E-state index is 10.5. The van der Waals surface area contributed by atoms with Crippen LogP contribution in [0.1, 0.15) is 6.92 Å². The summed E-state index contributed by atoms with van der Waals surface area (Å²) in [6, 6.07) is 3.56.